The summed E-state index contributed by atoms with van der Waals surface area (Å²) in [6, 6.07) is 7.61. The highest BCUT2D eigenvalue weighted by Gasteiger charge is 2.31. The van der Waals surface area contributed by atoms with E-state index < -0.39 is 26.9 Å². The van der Waals surface area contributed by atoms with Crippen LogP contribution in [0.1, 0.15) is 18.1 Å². The molecule has 1 amide bonds. The van der Waals surface area contributed by atoms with E-state index in [1.165, 1.54) is 19.1 Å². The lowest BCUT2D eigenvalue weighted by atomic mass is 10.1. The van der Waals surface area contributed by atoms with Crippen LogP contribution < -0.4 is 9.62 Å². The molecule has 2 aromatic rings. The van der Waals surface area contributed by atoms with Crippen molar-refractivity contribution >= 4 is 44.6 Å². The number of nitro groups is 1. The molecule has 150 valence electrons. The van der Waals surface area contributed by atoms with Crippen LogP contribution in [-0.2, 0) is 14.8 Å². The van der Waals surface area contributed by atoms with Gasteiger partial charge >= 0.3 is 0 Å². The molecule has 0 spiro atoms. The van der Waals surface area contributed by atoms with Crippen molar-refractivity contribution in [1.82, 2.24) is 0 Å². The van der Waals surface area contributed by atoms with Gasteiger partial charge in [0.15, 0.2) is 0 Å². The number of carbonyl (C=O) groups excluding carboxylic acids is 1. The molecule has 0 saturated carbocycles. The van der Waals surface area contributed by atoms with E-state index in [4.69, 9.17) is 11.6 Å². The fraction of sp³-hybridized carbons (Fsp3) is 0.278. The zero-order valence-electron chi connectivity index (χ0n) is 15.8. The quantitative estimate of drug-likeness (QED) is 0.561. The number of amides is 1. The van der Waals surface area contributed by atoms with Gasteiger partial charge in [0.25, 0.3) is 5.69 Å². The molecule has 0 aliphatic heterocycles. The van der Waals surface area contributed by atoms with E-state index in [2.05, 4.69) is 5.32 Å². The predicted octanol–water partition coefficient (Wildman–Crippen LogP) is 3.66. The number of rotatable bonds is 6. The minimum absolute atomic E-state index is 0.0761. The molecule has 0 bridgehead atoms. The van der Waals surface area contributed by atoms with Crippen LogP contribution in [-0.4, -0.2) is 31.5 Å². The predicted molar refractivity (Wildman–Crippen MR) is 109 cm³/mol. The number of aryl methyl sites for hydroxylation is 2. The van der Waals surface area contributed by atoms with Gasteiger partial charge in [-0.1, -0.05) is 17.7 Å². The molecule has 2 rings (SSSR count). The summed E-state index contributed by atoms with van der Waals surface area (Å²) < 4.78 is 25.8. The summed E-state index contributed by atoms with van der Waals surface area (Å²) in [4.78, 5) is 23.2. The van der Waals surface area contributed by atoms with Crippen molar-refractivity contribution in [3.05, 3.63) is 62.7 Å². The van der Waals surface area contributed by atoms with Crippen molar-refractivity contribution in [2.45, 2.75) is 26.8 Å². The fourth-order valence-electron chi connectivity index (χ4n) is 2.73. The molecule has 0 radical (unpaired) electrons. The van der Waals surface area contributed by atoms with Gasteiger partial charge in [-0.05, 0) is 50.1 Å². The van der Waals surface area contributed by atoms with Gasteiger partial charge < -0.3 is 5.32 Å². The Labute approximate surface area is 168 Å². The second-order valence-corrected chi connectivity index (χ2v) is 8.71. The summed E-state index contributed by atoms with van der Waals surface area (Å²) in [5, 5.41) is 14.3. The summed E-state index contributed by atoms with van der Waals surface area (Å²) in [6.07, 6.45) is 0.947. The van der Waals surface area contributed by atoms with Gasteiger partial charge in [0, 0.05) is 22.8 Å². The molecule has 0 fully saturated rings. The largest absolute Gasteiger partial charge is 0.324 e. The number of hydrogen-bond acceptors (Lipinski definition) is 5. The molecule has 0 saturated heterocycles. The van der Waals surface area contributed by atoms with Crippen molar-refractivity contribution in [2.75, 3.05) is 15.9 Å². The Balaban J connectivity index is 2.45. The number of hydrogen-bond donors (Lipinski definition) is 1. The van der Waals surface area contributed by atoms with E-state index in [1.807, 2.05) is 0 Å². The number of halogens is 1. The molecule has 10 heteroatoms. The van der Waals surface area contributed by atoms with Crippen LogP contribution in [0.3, 0.4) is 0 Å². The maximum atomic E-state index is 12.8. The molecule has 8 nitrogen and oxygen atoms in total. The van der Waals surface area contributed by atoms with Gasteiger partial charge in [-0.25, -0.2) is 8.42 Å². The van der Waals surface area contributed by atoms with Crippen molar-refractivity contribution < 1.29 is 18.1 Å². The second-order valence-electron chi connectivity index (χ2n) is 6.41. The number of nitro benzene ring substituents is 1. The Morgan fingerprint density at radius 1 is 1.18 bits per heavy atom. The first kappa shape index (κ1) is 21.6. The molecular formula is C18H20ClN3O5S. The molecule has 0 aliphatic carbocycles. The van der Waals surface area contributed by atoms with Crippen molar-refractivity contribution in [3.8, 4) is 0 Å². The lowest BCUT2D eigenvalue weighted by Crippen LogP contribution is -2.45. The van der Waals surface area contributed by atoms with Gasteiger partial charge in [0.1, 0.15) is 6.04 Å². The molecule has 0 aromatic heterocycles. The normalized spacial score (nSPS) is 12.3. The van der Waals surface area contributed by atoms with E-state index in [9.17, 15) is 23.3 Å². The van der Waals surface area contributed by atoms with Crippen LogP contribution >= 0.6 is 11.6 Å². The smallest absolute Gasteiger partial charge is 0.271 e. The van der Waals surface area contributed by atoms with E-state index in [1.54, 1.807) is 32.0 Å². The lowest BCUT2D eigenvalue weighted by molar-refractivity contribution is -0.384. The van der Waals surface area contributed by atoms with Crippen LogP contribution in [0.4, 0.5) is 17.1 Å². The summed E-state index contributed by atoms with van der Waals surface area (Å²) >= 11 is 5.91. The van der Waals surface area contributed by atoms with Crippen LogP contribution in [0.15, 0.2) is 36.4 Å². The highest BCUT2D eigenvalue weighted by Crippen LogP contribution is 2.30. The van der Waals surface area contributed by atoms with Crippen molar-refractivity contribution in [3.63, 3.8) is 0 Å². The van der Waals surface area contributed by atoms with Crippen LogP contribution in [0, 0.1) is 24.0 Å². The molecule has 1 atom stereocenters. The summed E-state index contributed by atoms with van der Waals surface area (Å²) in [6.45, 7) is 4.79. The first-order chi connectivity index (χ1) is 12.9. The highest BCUT2D eigenvalue weighted by molar-refractivity contribution is 7.92. The van der Waals surface area contributed by atoms with E-state index >= 15 is 0 Å². The zero-order valence-corrected chi connectivity index (χ0v) is 17.3. The maximum absolute atomic E-state index is 12.8. The summed E-state index contributed by atoms with van der Waals surface area (Å²) in [5.74, 6) is -0.582. The van der Waals surface area contributed by atoms with Crippen molar-refractivity contribution in [2.24, 2.45) is 0 Å². The van der Waals surface area contributed by atoms with E-state index in [0.29, 0.717) is 21.8 Å². The minimum atomic E-state index is -3.91. The third-order valence-electron chi connectivity index (χ3n) is 4.18. The van der Waals surface area contributed by atoms with E-state index in [0.717, 1.165) is 16.6 Å². The number of sulfonamides is 1. The van der Waals surface area contributed by atoms with Gasteiger partial charge in [0.05, 0.1) is 16.9 Å². The van der Waals surface area contributed by atoms with Crippen LogP contribution in [0.25, 0.3) is 0 Å². The Hall–Kier alpha value is -2.65. The Morgan fingerprint density at radius 2 is 1.82 bits per heavy atom. The highest BCUT2D eigenvalue weighted by atomic mass is 35.5. The maximum Gasteiger partial charge on any atom is 0.271 e. The molecule has 1 unspecified atom stereocenters. The van der Waals surface area contributed by atoms with Gasteiger partial charge in [-0.15, -0.1) is 0 Å². The summed E-state index contributed by atoms with van der Waals surface area (Å²) in [5.41, 5.74) is 1.50. The number of nitrogens with one attached hydrogen (secondary N) is 1. The Bertz CT molecular complexity index is 1040. The SMILES string of the molecule is Cc1cc(Cl)ccc1NC(=O)C(C)N(c1cc([N+](=O)[O-])ccc1C)S(C)(=O)=O. The van der Waals surface area contributed by atoms with E-state index in [-0.39, 0.29) is 11.4 Å². The first-order valence-electron chi connectivity index (χ1n) is 8.23. The number of carbonyl (C=O) groups is 1. The first-order valence-corrected chi connectivity index (χ1v) is 10.5. The van der Waals surface area contributed by atoms with Gasteiger partial charge in [-0.2, -0.15) is 0 Å². The van der Waals surface area contributed by atoms with Crippen LogP contribution in [0.2, 0.25) is 5.02 Å². The lowest BCUT2D eigenvalue weighted by Gasteiger charge is -2.29. The summed E-state index contributed by atoms with van der Waals surface area (Å²) in [7, 11) is -3.91. The molecule has 0 heterocycles. The number of non-ortho nitro benzene ring substituents is 1. The Kier molecular flexibility index (Phi) is 6.30. The average Bonchev–Trinajstić information content (AvgIpc) is 2.57. The molecule has 0 aliphatic rings. The zero-order chi connectivity index (χ0) is 21.2. The van der Waals surface area contributed by atoms with Crippen molar-refractivity contribution in [1.29, 1.82) is 0 Å². The third-order valence-corrected chi connectivity index (χ3v) is 5.64. The molecule has 2 aromatic carbocycles. The molecule has 1 N–H and O–H groups in total. The van der Waals surface area contributed by atoms with Gasteiger partial charge in [0.2, 0.25) is 15.9 Å². The number of benzene rings is 2. The number of anilines is 2. The van der Waals surface area contributed by atoms with Crippen LogP contribution in [0.5, 0.6) is 0 Å². The van der Waals surface area contributed by atoms with Gasteiger partial charge in [-0.3, -0.25) is 19.2 Å². The topological polar surface area (TPSA) is 110 Å². The fourth-order valence-corrected chi connectivity index (χ4v) is 4.19. The molecular weight excluding hydrogens is 406 g/mol. The third kappa shape index (κ3) is 4.79. The monoisotopic (exact) mass is 425 g/mol. The standard InChI is InChI=1S/C18H20ClN3O5S/c1-11-5-7-15(22(24)25)10-17(11)21(28(4,26)27)13(3)18(23)20-16-8-6-14(19)9-12(16)2/h5-10,13H,1-4H3,(H,20,23). The molecule has 28 heavy (non-hydrogen) atoms. The minimum Gasteiger partial charge on any atom is -0.324 e. The second kappa shape index (κ2) is 8.15. The average molecular weight is 426 g/mol. The number of nitrogens with zero attached hydrogens (tertiary/aromatic N) is 2. The Morgan fingerprint density at radius 3 is 2.36 bits per heavy atom.